The Hall–Kier alpha value is -2.42. The summed E-state index contributed by atoms with van der Waals surface area (Å²) >= 11 is 6.73. The molecule has 0 radical (unpaired) electrons. The maximum absolute atomic E-state index is 6.73. The number of halogens is 1. The molecule has 5 rings (SSSR count). The van der Waals surface area contributed by atoms with Crippen LogP contribution in [0.5, 0.6) is 5.75 Å². The molecule has 0 aliphatic carbocycles. The molecule has 33 heavy (non-hydrogen) atoms. The zero-order valence-corrected chi connectivity index (χ0v) is 20.1. The third-order valence-electron chi connectivity index (χ3n) is 7.24. The Morgan fingerprint density at radius 1 is 1.21 bits per heavy atom. The van der Waals surface area contributed by atoms with Gasteiger partial charge >= 0.3 is 0 Å². The number of nitrogens with two attached hydrogens (primary N) is 1. The van der Waals surface area contributed by atoms with Gasteiger partial charge < -0.3 is 20.5 Å². The normalized spacial score (nSPS) is 21.3. The third kappa shape index (κ3) is 4.05. The summed E-state index contributed by atoms with van der Waals surface area (Å²) in [5.41, 5.74) is 11.1. The van der Waals surface area contributed by atoms with Crippen molar-refractivity contribution in [1.29, 1.82) is 0 Å². The highest BCUT2D eigenvalue weighted by atomic mass is 35.5. The van der Waals surface area contributed by atoms with E-state index in [1.165, 1.54) is 5.56 Å². The largest absolute Gasteiger partial charge is 0.496 e. The number of anilines is 1. The number of fused-ring (bicyclic) bond motifs is 1. The number of nitrogens with zero attached hydrogens (tertiary/aromatic N) is 3. The Morgan fingerprint density at radius 3 is 2.70 bits per heavy atom. The molecule has 9 heteroatoms. The van der Waals surface area contributed by atoms with E-state index in [4.69, 9.17) is 26.8 Å². The number of ether oxygens (including phenoxy) is 2. The maximum atomic E-state index is 6.73. The molecule has 4 N–H and O–H groups in total. The van der Waals surface area contributed by atoms with Crippen LogP contribution < -0.4 is 15.8 Å². The highest BCUT2D eigenvalue weighted by Gasteiger charge is 2.40. The standard InChI is InChI=1S/C24H31ClN6O2/c1-12-17(25)10-15(4-5-18-28-23(26)20-13(2)30-31-24(20)29-18)22(32-3)19(12)16-11-27-21(16)14-6-8-33-9-7-14/h10,14,16,21,27H,4-9,11H2,1-3H3,(H3,26,28,29,30,31). The molecule has 2 aliphatic heterocycles. The van der Waals surface area contributed by atoms with Gasteiger partial charge in [0.25, 0.3) is 0 Å². The van der Waals surface area contributed by atoms with Gasteiger partial charge in [-0.2, -0.15) is 5.10 Å². The average Bonchev–Trinajstić information content (AvgIpc) is 3.16. The number of benzene rings is 1. The number of aryl methyl sites for hydroxylation is 3. The lowest BCUT2D eigenvalue weighted by atomic mass is 9.73. The van der Waals surface area contributed by atoms with Crippen molar-refractivity contribution < 1.29 is 9.47 Å². The quantitative estimate of drug-likeness (QED) is 0.505. The summed E-state index contributed by atoms with van der Waals surface area (Å²) in [6.07, 6.45) is 3.51. The van der Waals surface area contributed by atoms with Gasteiger partial charge in [-0.1, -0.05) is 11.6 Å². The molecule has 4 heterocycles. The summed E-state index contributed by atoms with van der Waals surface area (Å²) in [7, 11) is 1.75. The fraction of sp³-hybridized carbons (Fsp3) is 0.542. The Bertz CT molecular complexity index is 1170. The minimum absolute atomic E-state index is 0.385. The third-order valence-corrected chi connectivity index (χ3v) is 7.63. The number of hydrogen-bond donors (Lipinski definition) is 3. The summed E-state index contributed by atoms with van der Waals surface area (Å²) in [4.78, 5) is 9.11. The molecule has 8 nitrogen and oxygen atoms in total. The van der Waals surface area contributed by atoms with Gasteiger partial charge in [0, 0.05) is 54.4 Å². The zero-order valence-electron chi connectivity index (χ0n) is 19.4. The maximum Gasteiger partial charge on any atom is 0.186 e. The van der Waals surface area contributed by atoms with Crippen molar-refractivity contribution in [3.05, 3.63) is 39.3 Å². The molecular weight excluding hydrogens is 440 g/mol. The molecule has 2 aliphatic rings. The van der Waals surface area contributed by atoms with Crippen LogP contribution in [0.2, 0.25) is 5.02 Å². The second kappa shape index (κ2) is 9.08. The van der Waals surface area contributed by atoms with Crippen molar-refractivity contribution >= 4 is 28.5 Å². The van der Waals surface area contributed by atoms with Gasteiger partial charge in [0.15, 0.2) is 5.65 Å². The van der Waals surface area contributed by atoms with E-state index in [1.807, 2.05) is 13.0 Å². The molecule has 0 amide bonds. The lowest BCUT2D eigenvalue weighted by Gasteiger charge is -2.45. The van der Waals surface area contributed by atoms with Crippen LogP contribution in [-0.2, 0) is 17.6 Å². The number of rotatable bonds is 6. The Kier molecular flexibility index (Phi) is 6.16. The van der Waals surface area contributed by atoms with Crippen molar-refractivity contribution in [2.45, 2.75) is 51.5 Å². The topological polar surface area (TPSA) is 111 Å². The van der Waals surface area contributed by atoms with E-state index in [0.717, 1.165) is 65.6 Å². The van der Waals surface area contributed by atoms with Gasteiger partial charge in [-0.25, -0.2) is 9.97 Å². The first-order valence-electron chi connectivity index (χ1n) is 11.6. The number of H-pyrrole nitrogens is 1. The first-order valence-corrected chi connectivity index (χ1v) is 12.0. The van der Waals surface area contributed by atoms with Crippen LogP contribution in [0.15, 0.2) is 6.07 Å². The van der Waals surface area contributed by atoms with Crippen molar-refractivity contribution in [1.82, 2.24) is 25.5 Å². The molecule has 0 bridgehead atoms. The van der Waals surface area contributed by atoms with E-state index < -0.39 is 0 Å². The fourth-order valence-corrected chi connectivity index (χ4v) is 5.63. The summed E-state index contributed by atoms with van der Waals surface area (Å²) in [6, 6.07) is 2.45. The molecule has 0 saturated carbocycles. The average molecular weight is 471 g/mol. The number of nitrogens with one attached hydrogen (secondary N) is 2. The van der Waals surface area contributed by atoms with Crippen LogP contribution in [0, 0.1) is 19.8 Å². The molecule has 2 saturated heterocycles. The molecule has 2 atom stereocenters. The highest BCUT2D eigenvalue weighted by Crippen LogP contribution is 2.44. The molecule has 2 aromatic heterocycles. The molecule has 0 spiro atoms. The van der Waals surface area contributed by atoms with Crippen LogP contribution in [0.3, 0.4) is 0 Å². The first kappa shape index (κ1) is 22.4. The van der Waals surface area contributed by atoms with E-state index in [-0.39, 0.29) is 0 Å². The molecular formula is C24H31ClN6O2. The van der Waals surface area contributed by atoms with Gasteiger partial charge in [-0.05, 0) is 56.2 Å². The summed E-state index contributed by atoms with van der Waals surface area (Å²) in [5, 5.41) is 12.4. The second-order valence-corrected chi connectivity index (χ2v) is 9.56. The summed E-state index contributed by atoms with van der Waals surface area (Å²) in [5.74, 6) is 3.05. The van der Waals surface area contributed by atoms with Gasteiger partial charge in [-0.15, -0.1) is 0 Å². The Balaban J connectivity index is 1.43. The Labute approximate surface area is 198 Å². The Morgan fingerprint density at radius 2 is 2.00 bits per heavy atom. The predicted octanol–water partition coefficient (Wildman–Crippen LogP) is 3.48. The number of methoxy groups -OCH3 is 1. The van der Waals surface area contributed by atoms with E-state index in [2.05, 4.69) is 32.4 Å². The molecule has 2 unspecified atom stereocenters. The molecule has 176 valence electrons. The van der Waals surface area contributed by atoms with E-state index >= 15 is 0 Å². The van der Waals surface area contributed by atoms with Crippen molar-refractivity contribution in [3.8, 4) is 5.75 Å². The van der Waals surface area contributed by atoms with Crippen LogP contribution in [-0.4, -0.2) is 53.1 Å². The van der Waals surface area contributed by atoms with E-state index in [1.54, 1.807) is 7.11 Å². The van der Waals surface area contributed by atoms with Crippen molar-refractivity contribution in [2.24, 2.45) is 5.92 Å². The van der Waals surface area contributed by atoms with Gasteiger partial charge in [0.05, 0.1) is 12.5 Å². The van der Waals surface area contributed by atoms with Crippen molar-refractivity contribution in [3.63, 3.8) is 0 Å². The van der Waals surface area contributed by atoms with E-state index in [9.17, 15) is 0 Å². The molecule has 2 fully saturated rings. The van der Waals surface area contributed by atoms with Crippen molar-refractivity contribution in [2.75, 3.05) is 32.6 Å². The van der Waals surface area contributed by atoms with Crippen LogP contribution >= 0.6 is 11.6 Å². The van der Waals surface area contributed by atoms with Crippen LogP contribution in [0.25, 0.3) is 11.0 Å². The summed E-state index contributed by atoms with van der Waals surface area (Å²) < 4.78 is 11.6. The number of nitrogen functional groups attached to an aromatic ring is 1. The summed E-state index contributed by atoms with van der Waals surface area (Å²) in [6.45, 7) is 6.64. The smallest absolute Gasteiger partial charge is 0.186 e. The van der Waals surface area contributed by atoms with Gasteiger partial charge in [0.2, 0.25) is 0 Å². The molecule has 3 aromatic rings. The minimum atomic E-state index is 0.385. The van der Waals surface area contributed by atoms with Gasteiger partial charge in [-0.3, -0.25) is 5.10 Å². The number of hydrogen-bond acceptors (Lipinski definition) is 7. The zero-order chi connectivity index (χ0) is 23.1. The lowest BCUT2D eigenvalue weighted by Crippen LogP contribution is -2.56. The fourth-order valence-electron chi connectivity index (χ4n) is 5.40. The van der Waals surface area contributed by atoms with Crippen LogP contribution in [0.1, 0.15) is 47.0 Å². The second-order valence-electron chi connectivity index (χ2n) is 9.15. The predicted molar refractivity (Wildman–Crippen MR) is 129 cm³/mol. The van der Waals surface area contributed by atoms with E-state index in [0.29, 0.717) is 48.0 Å². The first-order chi connectivity index (χ1) is 16.0. The lowest BCUT2D eigenvalue weighted by molar-refractivity contribution is 0.0377. The van der Waals surface area contributed by atoms with Gasteiger partial charge in [0.1, 0.15) is 17.4 Å². The van der Waals surface area contributed by atoms with Crippen LogP contribution in [0.4, 0.5) is 5.82 Å². The monoisotopic (exact) mass is 470 g/mol. The number of aromatic nitrogens is 4. The molecule has 1 aromatic carbocycles. The minimum Gasteiger partial charge on any atom is -0.496 e. The highest BCUT2D eigenvalue weighted by molar-refractivity contribution is 6.31. The SMILES string of the molecule is COc1c(CCc2nc(N)c3c(C)[nH]nc3n2)cc(Cl)c(C)c1C1CNC1C1CCOCC1. The number of aromatic amines is 1.